The largest absolute Gasteiger partial charge is 0.310 e. The number of rotatable bonds is 5. The molecule has 0 atom stereocenters. The van der Waals surface area contributed by atoms with Crippen LogP contribution in [0.25, 0.3) is 49.7 Å². The average Bonchev–Trinajstić information content (AvgIpc) is 3.57. The van der Waals surface area contributed by atoms with Gasteiger partial charge in [-0.25, -0.2) is 0 Å². The van der Waals surface area contributed by atoms with Crippen molar-refractivity contribution in [3.05, 3.63) is 181 Å². The highest BCUT2D eigenvalue weighted by molar-refractivity contribution is 6.10. The number of benzene rings is 7. The minimum Gasteiger partial charge on any atom is -0.310 e. The highest BCUT2D eigenvalue weighted by Gasteiger charge is 2.35. The van der Waals surface area contributed by atoms with Crippen molar-refractivity contribution in [2.75, 3.05) is 4.90 Å². The number of nitrogens with zero attached hydrogens (tertiary/aromatic N) is 2. The van der Waals surface area contributed by atoms with Gasteiger partial charge >= 0.3 is 0 Å². The lowest BCUT2D eigenvalue weighted by Gasteiger charge is -2.29. The van der Waals surface area contributed by atoms with Gasteiger partial charge in [-0.3, -0.25) is 0 Å². The van der Waals surface area contributed by atoms with Gasteiger partial charge in [0.1, 0.15) is 0 Å². The zero-order valence-electron chi connectivity index (χ0n) is 26.6. The summed E-state index contributed by atoms with van der Waals surface area (Å²) >= 11 is 0. The number of anilines is 3. The number of para-hydroxylation sites is 3. The Hall–Kier alpha value is -5.86. The van der Waals surface area contributed by atoms with Crippen LogP contribution in [0, 0.1) is 0 Å². The average molecular weight is 603 g/mol. The maximum Gasteiger partial charge on any atom is 0.0561 e. The van der Waals surface area contributed by atoms with Crippen molar-refractivity contribution in [2.24, 2.45) is 0 Å². The molecule has 0 N–H and O–H groups in total. The Morgan fingerprint density at radius 1 is 0.447 bits per heavy atom. The van der Waals surface area contributed by atoms with Crippen LogP contribution < -0.4 is 4.90 Å². The summed E-state index contributed by atoms with van der Waals surface area (Å²) in [6.45, 7) is 4.69. The van der Waals surface area contributed by atoms with E-state index in [1.165, 1.54) is 55.2 Å². The molecule has 0 saturated heterocycles. The molecule has 1 aliphatic rings. The van der Waals surface area contributed by atoms with Gasteiger partial charge in [-0.1, -0.05) is 135 Å². The van der Waals surface area contributed by atoms with Gasteiger partial charge in [-0.05, 0) is 76.3 Å². The van der Waals surface area contributed by atoms with Crippen molar-refractivity contribution in [3.63, 3.8) is 0 Å². The first kappa shape index (κ1) is 27.5. The summed E-state index contributed by atoms with van der Waals surface area (Å²) in [6.07, 6.45) is 0. The summed E-state index contributed by atoms with van der Waals surface area (Å²) in [5.41, 5.74) is 14.7. The second kappa shape index (κ2) is 10.6. The Labute approximate surface area is 275 Å². The van der Waals surface area contributed by atoms with Gasteiger partial charge in [-0.2, -0.15) is 0 Å². The van der Waals surface area contributed by atoms with Gasteiger partial charge in [0.2, 0.25) is 0 Å². The number of hydrogen-bond acceptors (Lipinski definition) is 1. The molecule has 0 aliphatic heterocycles. The maximum atomic E-state index is 2.45. The quantitative estimate of drug-likeness (QED) is 0.190. The van der Waals surface area contributed by atoms with Crippen molar-refractivity contribution in [1.29, 1.82) is 0 Å². The van der Waals surface area contributed by atoms with Gasteiger partial charge in [0.25, 0.3) is 0 Å². The molecule has 0 bridgehead atoms. The maximum absolute atomic E-state index is 2.45. The van der Waals surface area contributed by atoms with Gasteiger partial charge in [0.15, 0.2) is 0 Å². The summed E-state index contributed by atoms with van der Waals surface area (Å²) in [5, 5.41) is 2.50. The summed E-state index contributed by atoms with van der Waals surface area (Å²) in [5.74, 6) is 0. The molecule has 1 heterocycles. The van der Waals surface area contributed by atoms with Crippen LogP contribution in [0.15, 0.2) is 170 Å². The molecule has 2 heteroatoms. The van der Waals surface area contributed by atoms with E-state index >= 15 is 0 Å². The number of hydrogen-bond donors (Lipinski definition) is 0. The number of aromatic nitrogens is 1. The van der Waals surface area contributed by atoms with Crippen molar-refractivity contribution >= 4 is 38.9 Å². The van der Waals surface area contributed by atoms with Gasteiger partial charge in [0.05, 0.1) is 16.7 Å². The molecule has 0 radical (unpaired) electrons. The van der Waals surface area contributed by atoms with Crippen molar-refractivity contribution < 1.29 is 0 Å². The summed E-state index contributed by atoms with van der Waals surface area (Å²) in [7, 11) is 0. The van der Waals surface area contributed by atoms with E-state index in [1.54, 1.807) is 0 Å². The molecule has 7 aromatic carbocycles. The fourth-order valence-corrected chi connectivity index (χ4v) is 7.76. The molecule has 0 unspecified atom stereocenters. The Morgan fingerprint density at radius 3 is 1.87 bits per heavy atom. The summed E-state index contributed by atoms with van der Waals surface area (Å²) in [6, 6.07) is 61.9. The van der Waals surface area contributed by atoms with Gasteiger partial charge in [-0.15, -0.1) is 0 Å². The van der Waals surface area contributed by atoms with E-state index in [1.807, 2.05) is 0 Å². The normalized spacial score (nSPS) is 13.1. The first-order valence-electron chi connectivity index (χ1n) is 16.4. The fraction of sp³-hybridized carbons (Fsp3) is 0.0667. The van der Waals surface area contributed by atoms with Crippen LogP contribution in [-0.4, -0.2) is 4.57 Å². The third-order valence-corrected chi connectivity index (χ3v) is 9.98. The highest BCUT2D eigenvalue weighted by Crippen LogP contribution is 2.51. The molecule has 0 saturated carbocycles. The molecule has 9 rings (SSSR count). The smallest absolute Gasteiger partial charge is 0.0561 e. The van der Waals surface area contributed by atoms with Crippen LogP contribution in [0.1, 0.15) is 25.0 Å². The third-order valence-electron chi connectivity index (χ3n) is 9.98. The number of fused-ring (bicyclic) bond motifs is 6. The molecule has 224 valence electrons. The first-order valence-corrected chi connectivity index (χ1v) is 16.4. The van der Waals surface area contributed by atoms with Crippen molar-refractivity contribution in [2.45, 2.75) is 19.3 Å². The van der Waals surface area contributed by atoms with E-state index in [0.717, 1.165) is 22.7 Å². The van der Waals surface area contributed by atoms with Crippen LogP contribution in [0.2, 0.25) is 0 Å². The monoisotopic (exact) mass is 602 g/mol. The standard InChI is InChI=1S/C45H34N2/c1-45(2)40-22-12-9-20-36(40)39-29-33(26-28-41(39)45)46(42-23-13-10-19-35(42)31-15-5-3-6-16-31)34-25-27-38-37-21-11-14-24-43(37)47(44(38)30-34)32-17-7-4-8-18-32/h3-30H,1-2H3. The minimum atomic E-state index is -0.0488. The van der Waals surface area contributed by atoms with E-state index in [9.17, 15) is 0 Å². The van der Waals surface area contributed by atoms with E-state index < -0.39 is 0 Å². The van der Waals surface area contributed by atoms with Crippen LogP contribution in [0.4, 0.5) is 17.1 Å². The topological polar surface area (TPSA) is 8.17 Å². The molecular weight excluding hydrogens is 569 g/mol. The molecule has 0 fully saturated rings. The summed E-state index contributed by atoms with van der Waals surface area (Å²) < 4.78 is 2.40. The lowest BCUT2D eigenvalue weighted by Crippen LogP contribution is -2.15. The SMILES string of the molecule is CC1(C)c2ccccc2-c2cc(N(c3ccc4c5ccccc5n(-c5ccccc5)c4c3)c3ccccc3-c3ccccc3)ccc21. The Morgan fingerprint density at radius 2 is 1.04 bits per heavy atom. The predicted molar refractivity (Wildman–Crippen MR) is 198 cm³/mol. The fourth-order valence-electron chi connectivity index (χ4n) is 7.76. The lowest BCUT2D eigenvalue weighted by atomic mass is 9.82. The van der Waals surface area contributed by atoms with Gasteiger partial charge in [0, 0.05) is 38.8 Å². The summed E-state index contributed by atoms with van der Waals surface area (Å²) in [4.78, 5) is 2.45. The molecule has 8 aromatic rings. The highest BCUT2D eigenvalue weighted by atomic mass is 15.1. The Kier molecular flexibility index (Phi) is 6.20. The second-order valence-electron chi connectivity index (χ2n) is 13.0. The third kappa shape index (κ3) is 4.26. The molecule has 1 aromatic heterocycles. The molecule has 0 spiro atoms. The van der Waals surface area contributed by atoms with Crippen LogP contribution in [0.5, 0.6) is 0 Å². The Bertz CT molecular complexity index is 2430. The zero-order chi connectivity index (χ0) is 31.5. The van der Waals surface area contributed by atoms with E-state index in [0.29, 0.717) is 0 Å². The Balaban J connectivity index is 1.33. The van der Waals surface area contributed by atoms with E-state index in [2.05, 4.69) is 193 Å². The zero-order valence-corrected chi connectivity index (χ0v) is 26.6. The van der Waals surface area contributed by atoms with Crippen LogP contribution >= 0.6 is 0 Å². The van der Waals surface area contributed by atoms with E-state index in [-0.39, 0.29) is 5.41 Å². The molecule has 0 amide bonds. The van der Waals surface area contributed by atoms with Crippen molar-refractivity contribution in [3.8, 4) is 27.9 Å². The lowest BCUT2D eigenvalue weighted by molar-refractivity contribution is 0.660. The van der Waals surface area contributed by atoms with E-state index in [4.69, 9.17) is 0 Å². The molecule has 1 aliphatic carbocycles. The molecule has 47 heavy (non-hydrogen) atoms. The molecule has 2 nitrogen and oxygen atoms in total. The predicted octanol–water partition coefficient (Wildman–Crippen LogP) is 12.2. The molecular formula is C45H34N2. The van der Waals surface area contributed by atoms with Crippen molar-refractivity contribution in [1.82, 2.24) is 4.57 Å². The first-order chi connectivity index (χ1) is 23.1. The van der Waals surface area contributed by atoms with Gasteiger partial charge < -0.3 is 9.47 Å². The minimum absolute atomic E-state index is 0.0488. The van der Waals surface area contributed by atoms with Crippen LogP contribution in [0.3, 0.4) is 0 Å². The second-order valence-corrected chi connectivity index (χ2v) is 13.0. The van der Waals surface area contributed by atoms with Crippen LogP contribution in [-0.2, 0) is 5.41 Å².